The smallest absolute Gasteiger partial charge is 0.416 e. The summed E-state index contributed by atoms with van der Waals surface area (Å²) in [7, 11) is 2.96. The summed E-state index contributed by atoms with van der Waals surface area (Å²) < 4.78 is 50.4. The van der Waals surface area contributed by atoms with Crippen LogP contribution in [0.15, 0.2) is 55.0 Å². The van der Waals surface area contributed by atoms with Gasteiger partial charge in [-0.2, -0.15) is 13.2 Å². The van der Waals surface area contributed by atoms with E-state index < -0.39 is 17.6 Å². The number of nitrogens with zero attached hydrogens (tertiary/aromatic N) is 2. The highest BCUT2D eigenvalue weighted by atomic mass is 19.4. The number of methoxy groups -OCH3 is 2. The van der Waals surface area contributed by atoms with E-state index in [1.807, 2.05) is 0 Å². The van der Waals surface area contributed by atoms with Gasteiger partial charge in [0, 0.05) is 18.3 Å². The van der Waals surface area contributed by atoms with Crippen LogP contribution in [0.2, 0.25) is 0 Å². The Morgan fingerprint density at radius 1 is 1.10 bits per heavy atom. The third kappa shape index (κ3) is 4.87. The fraction of sp³-hybridized carbons (Fsp3) is 0.200. The van der Waals surface area contributed by atoms with Crippen LogP contribution in [0.1, 0.15) is 21.5 Å². The van der Waals surface area contributed by atoms with E-state index in [1.165, 1.54) is 32.7 Å². The Hall–Kier alpha value is -3.49. The molecule has 0 spiro atoms. The van der Waals surface area contributed by atoms with Crippen molar-refractivity contribution in [2.75, 3.05) is 19.5 Å². The van der Waals surface area contributed by atoms with Gasteiger partial charge in [0.15, 0.2) is 17.3 Å². The van der Waals surface area contributed by atoms with Gasteiger partial charge in [0.2, 0.25) is 0 Å². The molecule has 1 N–H and O–H groups in total. The van der Waals surface area contributed by atoms with Crippen LogP contribution in [0.25, 0.3) is 0 Å². The Morgan fingerprint density at radius 3 is 2.55 bits per heavy atom. The number of amides is 1. The molecule has 2 aromatic carbocycles. The molecule has 9 heteroatoms. The number of aromatic nitrogens is 2. The SMILES string of the molecule is COc1ccc(C(=O)Nc2cn(Cc3cccc(C(F)(F)F)c3)cn2)cc1OC. The predicted molar refractivity (Wildman–Crippen MR) is 100 cm³/mol. The molecule has 1 amide bonds. The summed E-state index contributed by atoms with van der Waals surface area (Å²) >= 11 is 0. The van der Waals surface area contributed by atoms with E-state index in [9.17, 15) is 18.0 Å². The summed E-state index contributed by atoms with van der Waals surface area (Å²) in [5, 5.41) is 2.64. The molecule has 0 bridgehead atoms. The molecule has 0 aliphatic carbocycles. The quantitative estimate of drug-likeness (QED) is 0.667. The first-order chi connectivity index (χ1) is 13.8. The Morgan fingerprint density at radius 2 is 1.86 bits per heavy atom. The zero-order valence-electron chi connectivity index (χ0n) is 15.7. The van der Waals surface area contributed by atoms with Gasteiger partial charge in [0.1, 0.15) is 0 Å². The van der Waals surface area contributed by atoms with E-state index in [4.69, 9.17) is 9.47 Å². The van der Waals surface area contributed by atoms with Crippen molar-refractivity contribution in [1.82, 2.24) is 9.55 Å². The molecule has 29 heavy (non-hydrogen) atoms. The Bertz CT molecular complexity index is 1020. The fourth-order valence-electron chi connectivity index (χ4n) is 2.73. The highest BCUT2D eigenvalue weighted by Gasteiger charge is 2.30. The molecule has 1 heterocycles. The summed E-state index contributed by atoms with van der Waals surface area (Å²) in [5.41, 5.74) is 0.0992. The number of nitrogens with one attached hydrogen (secondary N) is 1. The lowest BCUT2D eigenvalue weighted by molar-refractivity contribution is -0.137. The Kier molecular flexibility index (Phi) is 5.76. The molecule has 0 fully saturated rings. The van der Waals surface area contributed by atoms with E-state index in [0.717, 1.165) is 12.1 Å². The number of hydrogen-bond donors (Lipinski definition) is 1. The maximum atomic E-state index is 12.8. The van der Waals surface area contributed by atoms with Crippen molar-refractivity contribution in [3.8, 4) is 11.5 Å². The lowest BCUT2D eigenvalue weighted by Gasteiger charge is -2.09. The minimum Gasteiger partial charge on any atom is -0.493 e. The van der Waals surface area contributed by atoms with Crippen molar-refractivity contribution >= 4 is 11.7 Å². The maximum Gasteiger partial charge on any atom is 0.416 e. The second kappa shape index (κ2) is 8.26. The van der Waals surface area contributed by atoms with Crippen molar-refractivity contribution < 1.29 is 27.4 Å². The summed E-state index contributed by atoms with van der Waals surface area (Å²) in [6, 6.07) is 9.78. The molecular weight excluding hydrogens is 387 g/mol. The minimum absolute atomic E-state index is 0.184. The van der Waals surface area contributed by atoms with E-state index in [-0.39, 0.29) is 12.4 Å². The molecule has 0 saturated carbocycles. The van der Waals surface area contributed by atoms with Crippen LogP contribution < -0.4 is 14.8 Å². The van der Waals surface area contributed by atoms with Crippen LogP contribution in [0.3, 0.4) is 0 Å². The number of ether oxygens (including phenoxy) is 2. The van der Waals surface area contributed by atoms with Crippen LogP contribution in [-0.4, -0.2) is 29.7 Å². The summed E-state index contributed by atoms with van der Waals surface area (Å²) in [5.74, 6) is 0.775. The largest absolute Gasteiger partial charge is 0.493 e. The molecule has 1 aromatic heterocycles. The number of halogens is 3. The highest BCUT2D eigenvalue weighted by Crippen LogP contribution is 2.30. The van der Waals surface area contributed by atoms with E-state index in [1.54, 1.807) is 29.0 Å². The summed E-state index contributed by atoms with van der Waals surface area (Å²) in [4.78, 5) is 16.5. The Labute approximate surface area is 164 Å². The number of benzene rings is 2. The molecule has 0 unspecified atom stereocenters. The van der Waals surface area contributed by atoms with Crippen molar-refractivity contribution in [2.45, 2.75) is 12.7 Å². The maximum absolute atomic E-state index is 12.8. The van der Waals surface area contributed by atoms with Gasteiger partial charge in [-0.25, -0.2) is 4.98 Å². The van der Waals surface area contributed by atoms with Crippen LogP contribution in [0.5, 0.6) is 11.5 Å². The standard InChI is InChI=1S/C20H18F3N3O3/c1-28-16-7-6-14(9-17(16)29-2)19(27)25-18-11-26(12-24-18)10-13-4-3-5-15(8-13)20(21,22)23/h3-9,11-12H,10H2,1-2H3,(H,25,27). The molecule has 0 aliphatic rings. The number of rotatable bonds is 6. The number of alkyl halides is 3. The lowest BCUT2D eigenvalue weighted by Crippen LogP contribution is -2.12. The van der Waals surface area contributed by atoms with Crippen LogP contribution in [0, 0.1) is 0 Å². The van der Waals surface area contributed by atoms with Crippen molar-refractivity contribution in [1.29, 1.82) is 0 Å². The number of hydrogen-bond acceptors (Lipinski definition) is 4. The number of imidazole rings is 1. The van der Waals surface area contributed by atoms with Crippen molar-refractivity contribution in [2.24, 2.45) is 0 Å². The first-order valence-corrected chi connectivity index (χ1v) is 8.51. The molecule has 0 aliphatic heterocycles. The van der Waals surface area contributed by atoms with E-state index in [0.29, 0.717) is 22.6 Å². The van der Waals surface area contributed by atoms with Crippen molar-refractivity contribution in [3.63, 3.8) is 0 Å². The molecule has 3 aromatic rings. The summed E-state index contributed by atoms with van der Waals surface area (Å²) in [6.07, 6.45) is -1.42. The highest BCUT2D eigenvalue weighted by molar-refractivity contribution is 6.04. The van der Waals surface area contributed by atoms with Gasteiger partial charge >= 0.3 is 6.18 Å². The van der Waals surface area contributed by atoms with Gasteiger partial charge in [-0.3, -0.25) is 4.79 Å². The molecule has 0 atom stereocenters. The average Bonchev–Trinajstić information content (AvgIpc) is 3.13. The third-order valence-corrected chi connectivity index (χ3v) is 4.14. The number of anilines is 1. The van der Waals surface area contributed by atoms with Crippen LogP contribution in [0.4, 0.5) is 19.0 Å². The van der Waals surface area contributed by atoms with Gasteiger partial charge in [-0.1, -0.05) is 12.1 Å². The third-order valence-electron chi connectivity index (χ3n) is 4.14. The lowest BCUT2D eigenvalue weighted by atomic mass is 10.1. The molecular formula is C20H18F3N3O3. The zero-order chi connectivity index (χ0) is 21.0. The molecule has 0 radical (unpaired) electrons. The average molecular weight is 405 g/mol. The predicted octanol–water partition coefficient (Wildman–Crippen LogP) is 4.22. The normalized spacial score (nSPS) is 11.2. The van der Waals surface area contributed by atoms with Gasteiger partial charge in [-0.15, -0.1) is 0 Å². The van der Waals surface area contributed by atoms with Gasteiger partial charge < -0.3 is 19.4 Å². The number of carbonyl (C=O) groups excluding carboxylic acids is 1. The summed E-state index contributed by atoms with van der Waals surface area (Å²) in [6.45, 7) is 0.184. The monoisotopic (exact) mass is 405 g/mol. The topological polar surface area (TPSA) is 65.4 Å². The van der Waals surface area contributed by atoms with Gasteiger partial charge in [-0.05, 0) is 35.9 Å². The van der Waals surface area contributed by atoms with Crippen LogP contribution >= 0.6 is 0 Å². The number of carbonyl (C=O) groups is 1. The first-order valence-electron chi connectivity index (χ1n) is 8.51. The van der Waals surface area contributed by atoms with Crippen LogP contribution in [-0.2, 0) is 12.7 Å². The van der Waals surface area contributed by atoms with E-state index >= 15 is 0 Å². The molecule has 6 nitrogen and oxygen atoms in total. The second-order valence-corrected chi connectivity index (χ2v) is 6.15. The fourth-order valence-corrected chi connectivity index (χ4v) is 2.73. The first kappa shape index (κ1) is 20.2. The van der Waals surface area contributed by atoms with Crippen molar-refractivity contribution in [3.05, 3.63) is 71.7 Å². The van der Waals surface area contributed by atoms with Gasteiger partial charge in [0.05, 0.1) is 26.1 Å². The second-order valence-electron chi connectivity index (χ2n) is 6.15. The van der Waals surface area contributed by atoms with Gasteiger partial charge in [0.25, 0.3) is 5.91 Å². The minimum atomic E-state index is -4.40. The Balaban J connectivity index is 1.70. The molecule has 3 rings (SSSR count). The molecule has 152 valence electrons. The van der Waals surface area contributed by atoms with E-state index in [2.05, 4.69) is 10.3 Å². The zero-order valence-corrected chi connectivity index (χ0v) is 15.7. The molecule has 0 saturated heterocycles.